The number of carbonyl (C=O) groups is 1. The molecule has 0 fully saturated rings. The van der Waals surface area contributed by atoms with Crippen LogP contribution >= 0.6 is 23.4 Å². The Morgan fingerprint density at radius 3 is 2.55 bits per heavy atom. The summed E-state index contributed by atoms with van der Waals surface area (Å²) in [5.74, 6) is 0.374. The van der Waals surface area contributed by atoms with Crippen molar-refractivity contribution in [2.75, 3.05) is 6.61 Å². The predicted molar refractivity (Wildman–Crippen MR) is 113 cm³/mol. The van der Waals surface area contributed by atoms with E-state index < -0.39 is 0 Å². The maximum absolute atomic E-state index is 14.0. The first kappa shape index (κ1) is 19.5. The zero-order valence-corrected chi connectivity index (χ0v) is 16.8. The summed E-state index contributed by atoms with van der Waals surface area (Å²) in [6.45, 7) is -0.157. The number of fused-ring (bicyclic) bond motifs is 1. The Morgan fingerprint density at radius 2 is 1.76 bits per heavy atom. The van der Waals surface area contributed by atoms with Crippen LogP contribution in [0.1, 0.15) is 10.4 Å². The average Bonchev–Trinajstić information content (AvgIpc) is 3.11. The topological polar surface area (TPSA) is 44.1 Å². The summed E-state index contributed by atoms with van der Waals surface area (Å²) >= 11 is 7.18. The highest BCUT2D eigenvalue weighted by atomic mass is 35.5. The normalized spacial score (nSPS) is 11.0. The summed E-state index contributed by atoms with van der Waals surface area (Å²) in [6, 6.07) is 20.8. The molecule has 0 saturated heterocycles. The fourth-order valence-corrected chi connectivity index (χ4v) is 3.98. The Bertz CT molecular complexity index is 1160. The molecule has 146 valence electrons. The Kier molecular flexibility index (Phi) is 5.83. The summed E-state index contributed by atoms with van der Waals surface area (Å²) in [7, 11) is 0. The van der Waals surface area contributed by atoms with Crippen molar-refractivity contribution in [3.8, 4) is 5.75 Å². The van der Waals surface area contributed by atoms with Gasteiger partial charge in [0.1, 0.15) is 11.6 Å². The Hall–Kier alpha value is -2.83. The zero-order valence-electron chi connectivity index (χ0n) is 15.2. The van der Waals surface area contributed by atoms with E-state index in [1.807, 2.05) is 24.3 Å². The Morgan fingerprint density at radius 1 is 1.03 bits per heavy atom. The number of hydrogen-bond donors (Lipinski definition) is 0. The smallest absolute Gasteiger partial charge is 0.271 e. The minimum Gasteiger partial charge on any atom is -0.484 e. The van der Waals surface area contributed by atoms with Crippen molar-refractivity contribution in [3.05, 3.63) is 89.2 Å². The maximum Gasteiger partial charge on any atom is 0.271 e. The van der Waals surface area contributed by atoms with Crippen molar-refractivity contribution in [1.82, 2.24) is 9.55 Å². The third-order valence-electron chi connectivity index (χ3n) is 4.27. The number of imidazole rings is 1. The van der Waals surface area contributed by atoms with Crippen LogP contribution in [0.5, 0.6) is 5.75 Å². The van der Waals surface area contributed by atoms with Gasteiger partial charge in [-0.3, -0.25) is 9.36 Å². The molecule has 0 aliphatic heterocycles. The fourth-order valence-electron chi connectivity index (χ4n) is 2.84. The van der Waals surface area contributed by atoms with Crippen molar-refractivity contribution < 1.29 is 13.9 Å². The predicted octanol–water partition coefficient (Wildman–Crippen LogP) is 5.84. The van der Waals surface area contributed by atoms with Gasteiger partial charge in [-0.25, -0.2) is 9.37 Å². The molecular formula is C22H16ClFN2O2S. The number of benzene rings is 3. The summed E-state index contributed by atoms with van der Waals surface area (Å²) in [5.41, 5.74) is 1.94. The van der Waals surface area contributed by atoms with Crippen LogP contribution in [-0.4, -0.2) is 22.1 Å². The SMILES string of the molecule is O=C(COc1ccc(Cl)cc1)n1c(SCc2ccccc2F)nc2ccccc21. The van der Waals surface area contributed by atoms with Crippen LogP contribution in [0.15, 0.2) is 78.0 Å². The van der Waals surface area contributed by atoms with Gasteiger partial charge in [0, 0.05) is 10.8 Å². The van der Waals surface area contributed by atoms with E-state index in [4.69, 9.17) is 16.3 Å². The van der Waals surface area contributed by atoms with E-state index in [1.165, 1.54) is 22.4 Å². The number of hydrogen-bond acceptors (Lipinski definition) is 4. The van der Waals surface area contributed by atoms with Crippen LogP contribution in [0.4, 0.5) is 4.39 Å². The molecule has 0 atom stereocenters. The molecule has 0 aliphatic rings. The summed E-state index contributed by atoms with van der Waals surface area (Å²) < 4.78 is 21.1. The third-order valence-corrected chi connectivity index (χ3v) is 5.51. The molecule has 0 spiro atoms. The van der Waals surface area contributed by atoms with Gasteiger partial charge in [0.05, 0.1) is 11.0 Å². The number of ether oxygens (including phenoxy) is 1. The monoisotopic (exact) mass is 426 g/mol. The molecule has 4 rings (SSSR count). The van der Waals surface area contributed by atoms with Crippen LogP contribution in [-0.2, 0) is 5.75 Å². The second-order valence-electron chi connectivity index (χ2n) is 6.23. The lowest BCUT2D eigenvalue weighted by molar-refractivity contribution is 0.0832. The van der Waals surface area contributed by atoms with Gasteiger partial charge >= 0.3 is 0 Å². The molecule has 0 amide bonds. The molecule has 3 aromatic carbocycles. The van der Waals surface area contributed by atoms with E-state index in [-0.39, 0.29) is 18.3 Å². The lowest BCUT2D eigenvalue weighted by Gasteiger charge is -2.10. The molecule has 0 aliphatic carbocycles. The van der Waals surface area contributed by atoms with E-state index in [2.05, 4.69) is 4.98 Å². The van der Waals surface area contributed by atoms with Crippen molar-refractivity contribution in [2.45, 2.75) is 10.9 Å². The lowest BCUT2D eigenvalue weighted by Crippen LogP contribution is -2.20. The summed E-state index contributed by atoms with van der Waals surface area (Å²) in [6.07, 6.45) is 0. The minimum absolute atomic E-state index is 0.157. The number of halogens is 2. The molecule has 0 bridgehead atoms. The van der Waals surface area contributed by atoms with Crippen LogP contribution in [0.25, 0.3) is 11.0 Å². The lowest BCUT2D eigenvalue weighted by atomic mass is 10.2. The Balaban J connectivity index is 1.58. The number of thioether (sulfide) groups is 1. The van der Waals surface area contributed by atoms with Gasteiger partial charge in [-0.15, -0.1) is 0 Å². The van der Waals surface area contributed by atoms with Gasteiger partial charge in [-0.05, 0) is 48.0 Å². The van der Waals surface area contributed by atoms with Gasteiger partial charge in [0.25, 0.3) is 5.91 Å². The first-order valence-corrected chi connectivity index (χ1v) is 10.2. The van der Waals surface area contributed by atoms with Gasteiger partial charge in [-0.2, -0.15) is 0 Å². The summed E-state index contributed by atoms with van der Waals surface area (Å²) in [4.78, 5) is 17.5. The van der Waals surface area contributed by atoms with Crippen LogP contribution in [0.3, 0.4) is 0 Å². The van der Waals surface area contributed by atoms with Crippen LogP contribution < -0.4 is 4.74 Å². The molecule has 4 aromatic rings. The Labute approximate surface area is 176 Å². The van der Waals surface area contributed by atoms with E-state index in [1.54, 1.807) is 42.5 Å². The molecule has 1 heterocycles. The van der Waals surface area contributed by atoms with Crippen LogP contribution in [0.2, 0.25) is 5.02 Å². The van der Waals surface area contributed by atoms with Crippen molar-refractivity contribution >= 4 is 40.3 Å². The van der Waals surface area contributed by atoms with Gasteiger partial charge in [-0.1, -0.05) is 53.7 Å². The molecule has 0 unspecified atom stereocenters. The van der Waals surface area contributed by atoms with Crippen molar-refractivity contribution in [3.63, 3.8) is 0 Å². The van der Waals surface area contributed by atoms with Gasteiger partial charge in [0.2, 0.25) is 0 Å². The second kappa shape index (κ2) is 8.68. The molecule has 0 saturated carbocycles. The van der Waals surface area contributed by atoms with E-state index >= 15 is 0 Å². The molecule has 4 nitrogen and oxygen atoms in total. The highest BCUT2D eigenvalue weighted by Crippen LogP contribution is 2.27. The van der Waals surface area contributed by atoms with Crippen LogP contribution in [0, 0.1) is 5.82 Å². The van der Waals surface area contributed by atoms with E-state index in [0.29, 0.717) is 38.3 Å². The van der Waals surface area contributed by atoms with Crippen molar-refractivity contribution in [1.29, 1.82) is 0 Å². The molecular weight excluding hydrogens is 411 g/mol. The minimum atomic E-state index is -0.278. The number of para-hydroxylation sites is 2. The fraction of sp³-hybridized carbons (Fsp3) is 0.0909. The van der Waals surface area contributed by atoms with Crippen molar-refractivity contribution in [2.24, 2.45) is 0 Å². The number of aromatic nitrogens is 2. The summed E-state index contributed by atoms with van der Waals surface area (Å²) in [5, 5.41) is 1.09. The number of carbonyl (C=O) groups excluding carboxylic acids is 1. The van der Waals surface area contributed by atoms with E-state index in [9.17, 15) is 9.18 Å². The molecule has 29 heavy (non-hydrogen) atoms. The number of rotatable bonds is 6. The first-order valence-electron chi connectivity index (χ1n) is 8.87. The highest BCUT2D eigenvalue weighted by molar-refractivity contribution is 7.98. The van der Waals surface area contributed by atoms with E-state index in [0.717, 1.165) is 0 Å². The highest BCUT2D eigenvalue weighted by Gasteiger charge is 2.18. The second-order valence-corrected chi connectivity index (χ2v) is 7.61. The average molecular weight is 427 g/mol. The molecule has 7 heteroatoms. The zero-order chi connectivity index (χ0) is 20.2. The molecule has 0 radical (unpaired) electrons. The first-order chi connectivity index (χ1) is 14.1. The van der Waals surface area contributed by atoms with Gasteiger partial charge < -0.3 is 4.74 Å². The third kappa shape index (κ3) is 4.44. The standard InChI is InChI=1S/C22H16ClFN2O2S/c23-16-9-11-17(12-10-16)28-13-21(27)26-20-8-4-3-7-19(20)25-22(26)29-14-15-5-1-2-6-18(15)24/h1-12H,13-14H2. The largest absolute Gasteiger partial charge is 0.484 e. The molecule has 0 N–H and O–H groups in total. The number of nitrogens with zero attached hydrogens (tertiary/aromatic N) is 2. The molecule has 1 aromatic heterocycles. The maximum atomic E-state index is 14.0. The van der Waals surface area contributed by atoms with Gasteiger partial charge in [0.15, 0.2) is 11.8 Å². The quantitative estimate of drug-likeness (QED) is 0.363.